The molecule has 1 saturated heterocycles. The lowest BCUT2D eigenvalue weighted by Crippen LogP contribution is -2.43. The maximum Gasteiger partial charge on any atom is 0.419 e. The second-order valence-electron chi connectivity index (χ2n) is 4.85. The highest BCUT2D eigenvalue weighted by Crippen LogP contribution is 2.17. The first-order valence-electron chi connectivity index (χ1n) is 6.85. The molecule has 0 spiro atoms. The van der Waals surface area contributed by atoms with Gasteiger partial charge in [-0.25, -0.2) is 4.79 Å². The van der Waals surface area contributed by atoms with Crippen LogP contribution >= 0.6 is 0 Å². The molecular weight excluding hydrogens is 272 g/mol. The van der Waals surface area contributed by atoms with Crippen molar-refractivity contribution < 1.29 is 13.9 Å². The molecule has 0 bridgehead atoms. The number of carbonyl (C=O) groups excluding carboxylic acids is 1. The van der Waals surface area contributed by atoms with E-state index in [2.05, 4.69) is 0 Å². The smallest absolute Gasteiger partial charge is 0.408 e. The summed E-state index contributed by atoms with van der Waals surface area (Å²) in [6.07, 6.45) is 1.58. The van der Waals surface area contributed by atoms with Gasteiger partial charge in [-0.3, -0.25) is 9.36 Å². The van der Waals surface area contributed by atoms with Gasteiger partial charge < -0.3 is 14.1 Å². The zero-order chi connectivity index (χ0) is 14.7. The second kappa shape index (κ2) is 5.97. The van der Waals surface area contributed by atoms with Gasteiger partial charge in [0.25, 0.3) is 0 Å². The van der Waals surface area contributed by atoms with Crippen LogP contribution in [0.5, 0.6) is 0 Å². The molecule has 0 unspecified atom stereocenters. The third kappa shape index (κ3) is 3.05. The third-order valence-corrected chi connectivity index (χ3v) is 3.43. The summed E-state index contributed by atoms with van der Waals surface area (Å²) in [5.74, 6) is -0.147. The van der Waals surface area contributed by atoms with E-state index < -0.39 is 5.76 Å². The van der Waals surface area contributed by atoms with Crippen LogP contribution in [0.2, 0.25) is 0 Å². The van der Waals surface area contributed by atoms with Crippen molar-refractivity contribution in [3.8, 4) is 11.3 Å². The highest BCUT2D eigenvalue weighted by molar-refractivity contribution is 5.76. The number of hydrogen-bond acceptors (Lipinski definition) is 4. The first kappa shape index (κ1) is 13.6. The monoisotopic (exact) mass is 288 g/mol. The normalized spacial score (nSPS) is 15.1. The molecule has 0 radical (unpaired) electrons. The van der Waals surface area contributed by atoms with Crippen LogP contribution in [0.25, 0.3) is 11.3 Å². The molecule has 3 rings (SSSR count). The van der Waals surface area contributed by atoms with Gasteiger partial charge in [0.1, 0.15) is 6.54 Å². The van der Waals surface area contributed by atoms with Crippen LogP contribution in [-0.4, -0.2) is 41.7 Å². The van der Waals surface area contributed by atoms with E-state index >= 15 is 0 Å². The standard InChI is InChI=1S/C15H16N2O4/c18-14(16-6-8-20-9-7-16)11-17-10-13(21-15(17)19)12-4-2-1-3-5-12/h1-5,10H,6-9,11H2. The van der Waals surface area contributed by atoms with Crippen molar-refractivity contribution in [1.82, 2.24) is 9.47 Å². The van der Waals surface area contributed by atoms with Gasteiger partial charge in [0, 0.05) is 18.7 Å². The molecule has 0 aliphatic carbocycles. The molecule has 0 N–H and O–H groups in total. The van der Waals surface area contributed by atoms with Crippen molar-refractivity contribution in [1.29, 1.82) is 0 Å². The SMILES string of the molecule is O=C(Cn1cc(-c2ccccc2)oc1=O)N1CCOCC1. The Kier molecular flexibility index (Phi) is 3.87. The Labute approximate surface area is 121 Å². The largest absolute Gasteiger partial charge is 0.419 e. The van der Waals surface area contributed by atoms with Gasteiger partial charge >= 0.3 is 5.76 Å². The van der Waals surface area contributed by atoms with Crippen LogP contribution in [0.4, 0.5) is 0 Å². The Morgan fingerprint density at radius 1 is 1.14 bits per heavy atom. The van der Waals surface area contributed by atoms with Crippen molar-refractivity contribution in [2.75, 3.05) is 26.3 Å². The molecule has 110 valence electrons. The Hall–Kier alpha value is -2.34. The van der Waals surface area contributed by atoms with Gasteiger partial charge in [0.2, 0.25) is 5.91 Å². The number of ether oxygens (including phenoxy) is 1. The lowest BCUT2D eigenvalue weighted by atomic mass is 10.2. The molecule has 2 aromatic rings. The fourth-order valence-corrected chi connectivity index (χ4v) is 2.28. The molecular formula is C15H16N2O4. The molecule has 6 heteroatoms. The average Bonchev–Trinajstić information content (AvgIpc) is 2.90. The van der Waals surface area contributed by atoms with E-state index in [4.69, 9.17) is 9.15 Å². The summed E-state index contributed by atoms with van der Waals surface area (Å²) in [4.78, 5) is 25.7. The fourth-order valence-electron chi connectivity index (χ4n) is 2.28. The fraction of sp³-hybridized carbons (Fsp3) is 0.333. The minimum absolute atomic E-state index is 0.00479. The summed E-state index contributed by atoms with van der Waals surface area (Å²) in [6, 6.07) is 9.33. The Morgan fingerprint density at radius 3 is 2.57 bits per heavy atom. The van der Waals surface area contributed by atoms with Gasteiger partial charge in [-0.2, -0.15) is 0 Å². The van der Waals surface area contributed by atoms with Gasteiger partial charge in [0.15, 0.2) is 5.76 Å². The van der Waals surface area contributed by atoms with E-state index in [1.54, 1.807) is 11.1 Å². The summed E-state index contributed by atoms with van der Waals surface area (Å²) in [7, 11) is 0. The van der Waals surface area contributed by atoms with Crippen LogP contribution in [-0.2, 0) is 16.1 Å². The first-order valence-corrected chi connectivity index (χ1v) is 6.85. The topological polar surface area (TPSA) is 64.7 Å². The Bertz CT molecular complexity index is 668. The van der Waals surface area contributed by atoms with Crippen LogP contribution < -0.4 is 5.76 Å². The molecule has 1 aromatic heterocycles. The maximum absolute atomic E-state index is 12.1. The maximum atomic E-state index is 12.1. The van der Waals surface area contributed by atoms with Crippen molar-refractivity contribution in [3.63, 3.8) is 0 Å². The highest BCUT2D eigenvalue weighted by atomic mass is 16.5. The minimum atomic E-state index is -0.518. The van der Waals surface area contributed by atoms with Gasteiger partial charge in [0.05, 0.1) is 19.4 Å². The van der Waals surface area contributed by atoms with Crippen LogP contribution in [0.3, 0.4) is 0 Å². The first-order chi connectivity index (χ1) is 10.2. The van der Waals surface area contributed by atoms with Crippen molar-refractivity contribution >= 4 is 5.91 Å². The number of oxazole rings is 1. The molecule has 1 aromatic carbocycles. The molecule has 1 aliphatic heterocycles. The average molecular weight is 288 g/mol. The predicted molar refractivity (Wildman–Crippen MR) is 75.8 cm³/mol. The van der Waals surface area contributed by atoms with Crippen molar-refractivity contribution in [2.24, 2.45) is 0 Å². The summed E-state index contributed by atoms with van der Waals surface area (Å²) in [5, 5.41) is 0. The Morgan fingerprint density at radius 2 is 1.86 bits per heavy atom. The molecule has 0 atom stereocenters. The van der Waals surface area contributed by atoms with Gasteiger partial charge in [-0.15, -0.1) is 0 Å². The van der Waals surface area contributed by atoms with Crippen LogP contribution in [0, 0.1) is 0 Å². The van der Waals surface area contributed by atoms with Crippen molar-refractivity contribution in [2.45, 2.75) is 6.54 Å². The van der Waals surface area contributed by atoms with Crippen LogP contribution in [0.1, 0.15) is 0 Å². The van der Waals surface area contributed by atoms with E-state index in [9.17, 15) is 9.59 Å². The molecule has 21 heavy (non-hydrogen) atoms. The van der Waals surface area contributed by atoms with E-state index in [1.165, 1.54) is 4.57 Å². The highest BCUT2D eigenvalue weighted by Gasteiger charge is 2.19. The summed E-state index contributed by atoms with van der Waals surface area (Å²) < 4.78 is 11.7. The number of rotatable bonds is 3. The molecule has 1 fully saturated rings. The van der Waals surface area contributed by atoms with E-state index in [0.717, 1.165) is 5.56 Å². The molecule has 2 heterocycles. The predicted octanol–water partition coefficient (Wildman–Crippen LogP) is 0.967. The number of hydrogen-bond donors (Lipinski definition) is 0. The zero-order valence-corrected chi connectivity index (χ0v) is 11.5. The number of amides is 1. The zero-order valence-electron chi connectivity index (χ0n) is 11.5. The number of benzene rings is 1. The van der Waals surface area contributed by atoms with Gasteiger partial charge in [-0.1, -0.05) is 30.3 Å². The van der Waals surface area contributed by atoms with Gasteiger partial charge in [-0.05, 0) is 0 Å². The number of carbonyl (C=O) groups is 1. The van der Waals surface area contributed by atoms with E-state index in [1.807, 2.05) is 30.3 Å². The van der Waals surface area contributed by atoms with Crippen LogP contribution in [0.15, 0.2) is 45.7 Å². The quantitative estimate of drug-likeness (QED) is 0.844. The third-order valence-electron chi connectivity index (χ3n) is 3.43. The number of aromatic nitrogens is 1. The second-order valence-corrected chi connectivity index (χ2v) is 4.85. The molecule has 0 saturated carbocycles. The van der Waals surface area contributed by atoms with Crippen molar-refractivity contribution in [3.05, 3.63) is 47.1 Å². The Balaban J connectivity index is 1.76. The summed E-state index contributed by atoms with van der Waals surface area (Å²) in [5.41, 5.74) is 0.812. The summed E-state index contributed by atoms with van der Waals surface area (Å²) >= 11 is 0. The molecule has 1 amide bonds. The molecule has 1 aliphatic rings. The minimum Gasteiger partial charge on any atom is -0.408 e. The van der Waals surface area contributed by atoms with E-state index in [0.29, 0.717) is 32.1 Å². The lowest BCUT2D eigenvalue weighted by Gasteiger charge is -2.26. The number of morpholine rings is 1. The molecule has 6 nitrogen and oxygen atoms in total. The summed E-state index contributed by atoms with van der Waals surface area (Å²) in [6.45, 7) is 2.21. The van der Waals surface area contributed by atoms with E-state index in [-0.39, 0.29) is 12.5 Å². The number of nitrogens with zero attached hydrogens (tertiary/aromatic N) is 2. The lowest BCUT2D eigenvalue weighted by molar-refractivity contribution is -0.136.